The van der Waals surface area contributed by atoms with Gasteiger partial charge in [-0.2, -0.15) is 0 Å². The van der Waals surface area contributed by atoms with Crippen LogP contribution in [0.3, 0.4) is 0 Å². The highest BCUT2D eigenvalue weighted by Crippen LogP contribution is 2.17. The normalized spacial score (nSPS) is 14.8. The minimum Gasteiger partial charge on any atom is -0.497 e. The maximum absolute atomic E-state index is 12.8. The first kappa shape index (κ1) is 18.9. The quantitative estimate of drug-likeness (QED) is 0.824. The van der Waals surface area contributed by atoms with E-state index in [4.69, 9.17) is 9.26 Å². The van der Waals surface area contributed by atoms with E-state index in [9.17, 15) is 9.59 Å². The largest absolute Gasteiger partial charge is 0.497 e. The topological polar surface area (TPSA) is 75.9 Å². The van der Waals surface area contributed by atoms with Crippen LogP contribution < -0.4 is 4.74 Å². The van der Waals surface area contributed by atoms with E-state index in [1.807, 2.05) is 30.9 Å². The zero-order valence-corrected chi connectivity index (χ0v) is 16.0. The minimum absolute atomic E-state index is 0.0334. The highest BCUT2D eigenvalue weighted by atomic mass is 16.5. The van der Waals surface area contributed by atoms with Crippen molar-refractivity contribution in [1.29, 1.82) is 0 Å². The first-order valence-electron chi connectivity index (χ1n) is 9.12. The third-order valence-corrected chi connectivity index (χ3v) is 4.96. The molecule has 0 spiro atoms. The Morgan fingerprint density at radius 2 is 1.89 bits per heavy atom. The van der Waals surface area contributed by atoms with Gasteiger partial charge in [-0.15, -0.1) is 0 Å². The molecule has 1 fully saturated rings. The number of methoxy groups -OCH3 is 1. The van der Waals surface area contributed by atoms with Gasteiger partial charge in [-0.1, -0.05) is 11.2 Å². The fourth-order valence-electron chi connectivity index (χ4n) is 3.33. The van der Waals surface area contributed by atoms with Crippen LogP contribution in [-0.2, 0) is 11.2 Å². The number of hydrogen-bond acceptors (Lipinski definition) is 5. The average molecular weight is 371 g/mol. The van der Waals surface area contributed by atoms with Gasteiger partial charge in [0, 0.05) is 37.3 Å². The lowest BCUT2D eigenvalue weighted by Crippen LogP contribution is -2.38. The molecule has 144 valence electrons. The Labute approximate surface area is 158 Å². The molecule has 1 aromatic carbocycles. The van der Waals surface area contributed by atoms with E-state index in [0.717, 1.165) is 17.7 Å². The Morgan fingerprint density at radius 1 is 1.15 bits per heavy atom. The standard InChI is InChI=1S/C20H25N3O4/c1-14-18(15(2)27-21-14)13-19(24)22-8-5-9-23(11-10-22)20(25)16-6-4-7-17(12-16)26-3/h4,6-7,12H,5,8-11,13H2,1-3H3. The number of ether oxygens (including phenoxy) is 1. The molecule has 1 aromatic heterocycles. The molecule has 0 N–H and O–H groups in total. The summed E-state index contributed by atoms with van der Waals surface area (Å²) in [6.45, 7) is 5.98. The molecule has 0 aliphatic carbocycles. The fourth-order valence-corrected chi connectivity index (χ4v) is 3.33. The summed E-state index contributed by atoms with van der Waals surface area (Å²) in [5, 5.41) is 3.91. The van der Waals surface area contributed by atoms with E-state index in [1.165, 1.54) is 0 Å². The summed E-state index contributed by atoms with van der Waals surface area (Å²) in [4.78, 5) is 29.1. The second-order valence-corrected chi connectivity index (χ2v) is 6.74. The molecule has 2 amide bonds. The molecule has 0 radical (unpaired) electrons. The van der Waals surface area contributed by atoms with Crippen LogP contribution in [0.15, 0.2) is 28.8 Å². The van der Waals surface area contributed by atoms with Crippen molar-refractivity contribution >= 4 is 11.8 Å². The number of amides is 2. The smallest absolute Gasteiger partial charge is 0.254 e. The number of carbonyl (C=O) groups excluding carboxylic acids is 2. The number of benzene rings is 1. The Bertz CT molecular complexity index is 811. The summed E-state index contributed by atoms with van der Waals surface area (Å²) in [7, 11) is 1.58. The van der Waals surface area contributed by atoms with Crippen LogP contribution in [0.4, 0.5) is 0 Å². The predicted molar refractivity (Wildman–Crippen MR) is 99.8 cm³/mol. The highest BCUT2D eigenvalue weighted by Gasteiger charge is 2.24. The summed E-state index contributed by atoms with van der Waals surface area (Å²) in [5.74, 6) is 1.35. The SMILES string of the molecule is COc1cccc(C(=O)N2CCCN(C(=O)Cc3c(C)noc3C)CC2)c1. The minimum atomic E-state index is -0.0334. The van der Waals surface area contributed by atoms with Crippen LogP contribution in [-0.4, -0.2) is 60.1 Å². The first-order valence-corrected chi connectivity index (χ1v) is 9.12. The first-order chi connectivity index (χ1) is 13.0. The second-order valence-electron chi connectivity index (χ2n) is 6.74. The third kappa shape index (κ3) is 4.30. The fraction of sp³-hybridized carbons (Fsp3) is 0.450. The van der Waals surface area contributed by atoms with Gasteiger partial charge in [-0.3, -0.25) is 9.59 Å². The number of aryl methyl sites for hydroxylation is 2. The van der Waals surface area contributed by atoms with E-state index in [2.05, 4.69) is 5.16 Å². The molecular formula is C20H25N3O4. The van der Waals surface area contributed by atoms with Gasteiger partial charge in [-0.05, 0) is 38.5 Å². The van der Waals surface area contributed by atoms with Crippen molar-refractivity contribution in [3.05, 3.63) is 46.8 Å². The number of hydrogen-bond donors (Lipinski definition) is 0. The van der Waals surface area contributed by atoms with Crippen molar-refractivity contribution in [1.82, 2.24) is 15.0 Å². The number of rotatable bonds is 4. The Kier molecular flexibility index (Phi) is 5.78. The molecule has 7 heteroatoms. The monoisotopic (exact) mass is 371 g/mol. The molecule has 0 saturated carbocycles. The van der Waals surface area contributed by atoms with Crippen molar-refractivity contribution in [2.75, 3.05) is 33.3 Å². The molecule has 27 heavy (non-hydrogen) atoms. The second kappa shape index (κ2) is 8.24. The number of nitrogens with zero attached hydrogens (tertiary/aromatic N) is 3. The molecule has 0 atom stereocenters. The summed E-state index contributed by atoms with van der Waals surface area (Å²) in [6, 6.07) is 7.15. The Balaban J connectivity index is 1.63. The van der Waals surface area contributed by atoms with Gasteiger partial charge in [0.05, 0.1) is 19.2 Å². The van der Waals surface area contributed by atoms with Gasteiger partial charge in [0.25, 0.3) is 5.91 Å². The maximum atomic E-state index is 12.8. The lowest BCUT2D eigenvalue weighted by molar-refractivity contribution is -0.130. The van der Waals surface area contributed by atoms with Crippen LogP contribution >= 0.6 is 0 Å². The van der Waals surface area contributed by atoms with Gasteiger partial charge in [0.2, 0.25) is 5.91 Å². The van der Waals surface area contributed by atoms with Crippen molar-refractivity contribution in [2.24, 2.45) is 0 Å². The van der Waals surface area contributed by atoms with E-state index in [-0.39, 0.29) is 18.2 Å². The molecule has 1 aliphatic heterocycles. The molecule has 1 saturated heterocycles. The van der Waals surface area contributed by atoms with E-state index in [1.54, 1.807) is 24.1 Å². The zero-order valence-electron chi connectivity index (χ0n) is 16.0. The van der Waals surface area contributed by atoms with Crippen molar-refractivity contribution in [3.8, 4) is 5.75 Å². The molecule has 0 bridgehead atoms. The predicted octanol–water partition coefficient (Wildman–Crippen LogP) is 2.22. The molecular weight excluding hydrogens is 346 g/mol. The zero-order chi connectivity index (χ0) is 19.4. The van der Waals surface area contributed by atoms with Gasteiger partial charge in [0.15, 0.2) is 0 Å². The summed E-state index contributed by atoms with van der Waals surface area (Å²) in [6.07, 6.45) is 1.04. The van der Waals surface area contributed by atoms with Gasteiger partial charge >= 0.3 is 0 Å². The number of aromatic nitrogens is 1. The van der Waals surface area contributed by atoms with Gasteiger partial charge < -0.3 is 19.1 Å². The van der Waals surface area contributed by atoms with Crippen LogP contribution in [0.1, 0.15) is 33.8 Å². The molecule has 7 nitrogen and oxygen atoms in total. The van der Waals surface area contributed by atoms with E-state index < -0.39 is 0 Å². The average Bonchev–Trinajstić information content (AvgIpc) is 2.89. The summed E-state index contributed by atoms with van der Waals surface area (Å²) < 4.78 is 10.3. The molecule has 3 rings (SSSR count). The molecule has 0 unspecified atom stereocenters. The summed E-state index contributed by atoms with van der Waals surface area (Å²) in [5.41, 5.74) is 2.21. The number of carbonyl (C=O) groups is 2. The lowest BCUT2D eigenvalue weighted by atomic mass is 10.1. The van der Waals surface area contributed by atoms with Crippen LogP contribution in [0.5, 0.6) is 5.75 Å². The van der Waals surface area contributed by atoms with Crippen molar-refractivity contribution < 1.29 is 18.8 Å². The van der Waals surface area contributed by atoms with Gasteiger partial charge in [0.1, 0.15) is 11.5 Å². The maximum Gasteiger partial charge on any atom is 0.254 e. The third-order valence-electron chi connectivity index (χ3n) is 4.96. The highest BCUT2D eigenvalue weighted by molar-refractivity contribution is 5.94. The van der Waals surface area contributed by atoms with Crippen LogP contribution in [0.25, 0.3) is 0 Å². The van der Waals surface area contributed by atoms with Gasteiger partial charge in [-0.25, -0.2) is 0 Å². The molecule has 1 aliphatic rings. The van der Waals surface area contributed by atoms with Crippen LogP contribution in [0, 0.1) is 13.8 Å². The summed E-state index contributed by atoms with van der Waals surface area (Å²) >= 11 is 0. The van der Waals surface area contributed by atoms with Crippen molar-refractivity contribution in [2.45, 2.75) is 26.7 Å². The van der Waals surface area contributed by atoms with E-state index in [0.29, 0.717) is 43.3 Å². The van der Waals surface area contributed by atoms with Crippen LogP contribution in [0.2, 0.25) is 0 Å². The molecule has 2 heterocycles. The van der Waals surface area contributed by atoms with E-state index >= 15 is 0 Å². The molecule has 2 aromatic rings. The van der Waals surface area contributed by atoms with Crippen molar-refractivity contribution in [3.63, 3.8) is 0 Å². The Morgan fingerprint density at radius 3 is 2.59 bits per heavy atom. The Hall–Kier alpha value is -2.83. The lowest BCUT2D eigenvalue weighted by Gasteiger charge is -2.22.